The lowest BCUT2D eigenvalue weighted by molar-refractivity contribution is -0.129. The summed E-state index contributed by atoms with van der Waals surface area (Å²) in [6.07, 6.45) is 2.09. The lowest BCUT2D eigenvalue weighted by atomic mass is 10.3. The molecule has 2 rings (SSSR count). The molecule has 3 nitrogen and oxygen atoms in total. The first kappa shape index (κ1) is 6.16. The Balaban J connectivity index is 2.13. The molecule has 10 heavy (non-hydrogen) atoms. The zero-order valence-corrected chi connectivity index (χ0v) is 6.18. The fourth-order valence-electron chi connectivity index (χ4n) is 1.47. The van der Waals surface area contributed by atoms with Gasteiger partial charge in [-0.15, -0.1) is 0 Å². The highest BCUT2D eigenvalue weighted by molar-refractivity contribution is 5.91. The molecule has 2 aliphatic rings. The quantitative estimate of drug-likeness (QED) is 0.553. The van der Waals surface area contributed by atoms with Crippen molar-refractivity contribution >= 4 is 5.91 Å². The monoisotopic (exact) mass is 140 g/mol. The highest BCUT2D eigenvalue weighted by Gasteiger charge is 2.55. The van der Waals surface area contributed by atoms with Gasteiger partial charge in [-0.3, -0.25) is 10.1 Å². The molecular weight excluding hydrogens is 128 g/mol. The predicted molar refractivity (Wildman–Crippen MR) is 37.4 cm³/mol. The van der Waals surface area contributed by atoms with Crippen LogP contribution in [-0.4, -0.2) is 29.6 Å². The first-order chi connectivity index (χ1) is 4.78. The molecule has 1 N–H and O–H groups in total. The van der Waals surface area contributed by atoms with Crippen molar-refractivity contribution in [3.63, 3.8) is 0 Å². The van der Waals surface area contributed by atoms with Gasteiger partial charge in [0.05, 0.1) is 12.2 Å². The Hall–Kier alpha value is -0.570. The standard InChI is InChI=1S/C7H12N2O/c1-2-9-5-8-7(3-4-7)6(9)10/h8H,2-5H2,1H3. The van der Waals surface area contributed by atoms with Gasteiger partial charge in [0, 0.05) is 6.54 Å². The molecule has 2 fully saturated rings. The Morgan fingerprint density at radius 3 is 2.70 bits per heavy atom. The van der Waals surface area contributed by atoms with E-state index in [1.807, 2.05) is 11.8 Å². The minimum absolute atomic E-state index is 0.0873. The van der Waals surface area contributed by atoms with Crippen LogP contribution < -0.4 is 5.32 Å². The summed E-state index contributed by atoms with van der Waals surface area (Å²) in [6.45, 7) is 3.61. The van der Waals surface area contributed by atoms with Crippen LogP contribution in [0, 0.1) is 0 Å². The van der Waals surface area contributed by atoms with Crippen molar-refractivity contribution in [1.82, 2.24) is 10.2 Å². The van der Waals surface area contributed by atoms with Crippen molar-refractivity contribution < 1.29 is 4.79 Å². The number of carbonyl (C=O) groups excluding carboxylic acids is 1. The van der Waals surface area contributed by atoms with E-state index in [4.69, 9.17) is 0 Å². The highest BCUT2D eigenvalue weighted by atomic mass is 16.2. The number of rotatable bonds is 1. The summed E-state index contributed by atoms with van der Waals surface area (Å²) in [5.74, 6) is 0.315. The average Bonchev–Trinajstić information content (AvgIpc) is 2.63. The van der Waals surface area contributed by atoms with Gasteiger partial charge < -0.3 is 4.90 Å². The van der Waals surface area contributed by atoms with Gasteiger partial charge in [0.1, 0.15) is 0 Å². The van der Waals surface area contributed by atoms with Crippen molar-refractivity contribution in [3.05, 3.63) is 0 Å². The van der Waals surface area contributed by atoms with Crippen LogP contribution in [0.25, 0.3) is 0 Å². The molecule has 0 bridgehead atoms. The van der Waals surface area contributed by atoms with Gasteiger partial charge in [-0.05, 0) is 19.8 Å². The molecule has 1 saturated carbocycles. The third kappa shape index (κ3) is 0.611. The van der Waals surface area contributed by atoms with E-state index in [0.717, 1.165) is 26.1 Å². The zero-order chi connectivity index (χ0) is 7.19. The second kappa shape index (κ2) is 1.72. The zero-order valence-electron chi connectivity index (χ0n) is 6.18. The number of amides is 1. The summed E-state index contributed by atoms with van der Waals surface area (Å²) in [6, 6.07) is 0. The molecule has 1 saturated heterocycles. The molecule has 0 unspecified atom stereocenters. The summed E-state index contributed by atoms with van der Waals surface area (Å²) in [5.41, 5.74) is -0.0873. The van der Waals surface area contributed by atoms with E-state index >= 15 is 0 Å². The van der Waals surface area contributed by atoms with E-state index in [1.54, 1.807) is 0 Å². The number of likely N-dealkylation sites (N-methyl/N-ethyl adjacent to an activating group) is 1. The molecular formula is C7H12N2O. The van der Waals surface area contributed by atoms with Crippen LogP contribution in [0.1, 0.15) is 19.8 Å². The van der Waals surface area contributed by atoms with Crippen LogP contribution in [0.2, 0.25) is 0 Å². The molecule has 0 atom stereocenters. The van der Waals surface area contributed by atoms with Crippen LogP contribution in [0.15, 0.2) is 0 Å². The first-order valence-electron chi connectivity index (χ1n) is 3.83. The number of carbonyl (C=O) groups is 1. The summed E-state index contributed by atoms with van der Waals surface area (Å²) >= 11 is 0. The van der Waals surface area contributed by atoms with E-state index in [-0.39, 0.29) is 5.54 Å². The maximum atomic E-state index is 11.4. The second-order valence-corrected chi connectivity index (χ2v) is 3.08. The van der Waals surface area contributed by atoms with E-state index in [2.05, 4.69) is 5.32 Å². The van der Waals surface area contributed by atoms with Gasteiger partial charge in [0.25, 0.3) is 0 Å². The van der Waals surface area contributed by atoms with Crippen molar-refractivity contribution in [3.8, 4) is 0 Å². The summed E-state index contributed by atoms with van der Waals surface area (Å²) in [5, 5.41) is 3.23. The number of hydrogen-bond donors (Lipinski definition) is 1. The second-order valence-electron chi connectivity index (χ2n) is 3.08. The molecule has 1 amide bonds. The minimum atomic E-state index is -0.0873. The van der Waals surface area contributed by atoms with Crippen LogP contribution in [0.3, 0.4) is 0 Å². The van der Waals surface area contributed by atoms with Crippen molar-refractivity contribution in [1.29, 1.82) is 0 Å². The number of nitrogens with one attached hydrogen (secondary N) is 1. The maximum Gasteiger partial charge on any atom is 0.243 e. The van der Waals surface area contributed by atoms with Crippen molar-refractivity contribution in [2.45, 2.75) is 25.3 Å². The molecule has 0 aromatic carbocycles. The molecule has 0 radical (unpaired) electrons. The number of nitrogens with zero attached hydrogens (tertiary/aromatic N) is 1. The average molecular weight is 140 g/mol. The van der Waals surface area contributed by atoms with Crippen LogP contribution in [0.4, 0.5) is 0 Å². The van der Waals surface area contributed by atoms with Gasteiger partial charge in [-0.25, -0.2) is 0 Å². The van der Waals surface area contributed by atoms with Crippen molar-refractivity contribution in [2.24, 2.45) is 0 Å². The van der Waals surface area contributed by atoms with Gasteiger partial charge in [-0.1, -0.05) is 0 Å². The topological polar surface area (TPSA) is 32.3 Å². The molecule has 56 valence electrons. The van der Waals surface area contributed by atoms with Crippen LogP contribution >= 0.6 is 0 Å². The molecule has 0 aromatic rings. The third-order valence-electron chi connectivity index (χ3n) is 2.44. The van der Waals surface area contributed by atoms with E-state index in [9.17, 15) is 4.79 Å². The minimum Gasteiger partial charge on any atom is -0.329 e. The Labute approximate surface area is 60.4 Å². The SMILES string of the molecule is CCN1CNC2(CC2)C1=O. The summed E-state index contributed by atoms with van der Waals surface area (Å²) < 4.78 is 0. The molecule has 1 heterocycles. The Bertz CT molecular complexity index is 174. The van der Waals surface area contributed by atoms with Crippen LogP contribution in [-0.2, 0) is 4.79 Å². The van der Waals surface area contributed by atoms with Gasteiger partial charge in [-0.2, -0.15) is 0 Å². The lowest BCUT2D eigenvalue weighted by Gasteiger charge is -2.10. The van der Waals surface area contributed by atoms with E-state index in [0.29, 0.717) is 5.91 Å². The van der Waals surface area contributed by atoms with E-state index < -0.39 is 0 Å². The Morgan fingerprint density at radius 2 is 2.40 bits per heavy atom. The number of hydrogen-bond acceptors (Lipinski definition) is 2. The highest BCUT2D eigenvalue weighted by Crippen LogP contribution is 2.39. The largest absolute Gasteiger partial charge is 0.329 e. The van der Waals surface area contributed by atoms with E-state index in [1.165, 1.54) is 0 Å². The maximum absolute atomic E-state index is 11.4. The van der Waals surface area contributed by atoms with Gasteiger partial charge in [0.15, 0.2) is 0 Å². The fraction of sp³-hybridized carbons (Fsp3) is 0.857. The van der Waals surface area contributed by atoms with Crippen molar-refractivity contribution in [2.75, 3.05) is 13.2 Å². The van der Waals surface area contributed by atoms with Gasteiger partial charge in [0.2, 0.25) is 5.91 Å². The normalized spacial score (nSPS) is 28.1. The molecule has 0 aromatic heterocycles. The third-order valence-corrected chi connectivity index (χ3v) is 2.44. The Morgan fingerprint density at radius 1 is 1.70 bits per heavy atom. The van der Waals surface area contributed by atoms with Gasteiger partial charge >= 0.3 is 0 Å². The Kier molecular flexibility index (Phi) is 1.06. The predicted octanol–water partition coefficient (Wildman–Crippen LogP) is -0.0718. The molecule has 1 spiro atoms. The molecule has 1 aliphatic carbocycles. The van der Waals surface area contributed by atoms with Crippen LogP contribution in [0.5, 0.6) is 0 Å². The summed E-state index contributed by atoms with van der Waals surface area (Å²) in [7, 11) is 0. The fourth-order valence-corrected chi connectivity index (χ4v) is 1.47. The molecule has 3 heteroatoms. The smallest absolute Gasteiger partial charge is 0.243 e. The summed E-state index contributed by atoms with van der Waals surface area (Å²) in [4.78, 5) is 13.3. The first-order valence-corrected chi connectivity index (χ1v) is 3.83. The molecule has 1 aliphatic heterocycles. The lowest BCUT2D eigenvalue weighted by Crippen LogP contribution is -2.32.